The molecule has 2 aliphatic rings. The normalized spacial score (nSPS) is 21.7. The van der Waals surface area contributed by atoms with E-state index in [1.807, 2.05) is 43.0 Å². The summed E-state index contributed by atoms with van der Waals surface area (Å²) in [6, 6.07) is 9.31. The van der Waals surface area contributed by atoms with Gasteiger partial charge in [0, 0.05) is 37.6 Å². The Morgan fingerprint density at radius 2 is 1.78 bits per heavy atom. The minimum absolute atomic E-state index is 0.0744. The maximum atomic E-state index is 10.8. The average Bonchev–Trinajstić information content (AvgIpc) is 3.18. The van der Waals surface area contributed by atoms with Crippen LogP contribution in [0.3, 0.4) is 0 Å². The van der Waals surface area contributed by atoms with Gasteiger partial charge in [-0.05, 0) is 44.9 Å². The molecule has 1 aromatic carbocycles. The minimum atomic E-state index is 0.0744. The van der Waals surface area contributed by atoms with Gasteiger partial charge in [0.25, 0.3) is 0 Å². The lowest BCUT2D eigenvalue weighted by atomic mass is 10.0. The highest BCUT2D eigenvalue weighted by molar-refractivity contribution is 5.88. The minimum Gasteiger partial charge on any atom is -0.490 e. The molecule has 1 aromatic heterocycles. The van der Waals surface area contributed by atoms with E-state index in [4.69, 9.17) is 4.74 Å². The van der Waals surface area contributed by atoms with Crippen LogP contribution in [0.5, 0.6) is 5.75 Å². The van der Waals surface area contributed by atoms with Gasteiger partial charge < -0.3 is 14.5 Å². The molecule has 2 aromatic rings. The van der Waals surface area contributed by atoms with Gasteiger partial charge in [-0.2, -0.15) is 0 Å². The van der Waals surface area contributed by atoms with Crippen LogP contribution >= 0.6 is 0 Å². The fourth-order valence-corrected chi connectivity index (χ4v) is 3.92. The highest BCUT2D eigenvalue weighted by atomic mass is 16.5. The number of ether oxygens (including phenoxy) is 1. The fourth-order valence-electron chi connectivity index (χ4n) is 3.92. The number of carbonyl (C=O) groups excluding carboxylic acids is 2. The Kier molecular flexibility index (Phi) is 6.06. The van der Waals surface area contributed by atoms with Crippen LogP contribution in [-0.2, 0) is 4.79 Å². The molecule has 1 amide bonds. The van der Waals surface area contributed by atoms with Crippen molar-refractivity contribution in [2.75, 3.05) is 33.2 Å². The van der Waals surface area contributed by atoms with Gasteiger partial charge >= 0.3 is 0 Å². The first-order valence-electron chi connectivity index (χ1n) is 9.39. The van der Waals surface area contributed by atoms with Crippen molar-refractivity contribution < 1.29 is 14.3 Å². The number of nitrogens with zero attached hydrogens (tertiary/aromatic N) is 3. The van der Waals surface area contributed by atoms with Crippen molar-refractivity contribution in [2.45, 2.75) is 20.0 Å². The summed E-state index contributed by atoms with van der Waals surface area (Å²) in [6.07, 6.45) is 1.79. The number of para-hydroxylation sites is 1. The van der Waals surface area contributed by atoms with Crippen LogP contribution < -0.4 is 4.74 Å². The predicted octanol–water partition coefficient (Wildman–Crippen LogP) is 2.47. The fraction of sp³-hybridized carbons (Fsp3) is 0.476. The van der Waals surface area contributed by atoms with Gasteiger partial charge in [0.2, 0.25) is 6.41 Å². The Morgan fingerprint density at radius 3 is 2.37 bits per heavy atom. The standard InChI is InChI=1S/C13H13NO2.C8H14N2O/c1-9(2)16-13-7-10(8-15)14-12-6-4-3-5-11(12)13;1-9-2-7-4-10(6-11)5-8(7)3-9/h3-9H,1-2H3;6-8H,2-5H2,1H3. The second kappa shape index (κ2) is 8.48. The van der Waals surface area contributed by atoms with E-state index in [1.54, 1.807) is 6.07 Å². The predicted molar refractivity (Wildman–Crippen MR) is 105 cm³/mol. The Balaban J connectivity index is 0.000000166. The number of benzene rings is 1. The zero-order valence-electron chi connectivity index (χ0n) is 16.2. The van der Waals surface area contributed by atoms with Crippen molar-refractivity contribution in [1.82, 2.24) is 14.8 Å². The van der Waals surface area contributed by atoms with E-state index in [-0.39, 0.29) is 6.10 Å². The third-order valence-electron chi connectivity index (χ3n) is 5.03. The molecule has 2 saturated heterocycles. The van der Waals surface area contributed by atoms with E-state index in [2.05, 4.69) is 16.9 Å². The maximum Gasteiger partial charge on any atom is 0.209 e. The van der Waals surface area contributed by atoms with E-state index in [0.29, 0.717) is 11.4 Å². The van der Waals surface area contributed by atoms with Crippen molar-refractivity contribution in [3.63, 3.8) is 0 Å². The number of fused-ring (bicyclic) bond motifs is 2. The van der Waals surface area contributed by atoms with Gasteiger partial charge in [-0.1, -0.05) is 12.1 Å². The Morgan fingerprint density at radius 1 is 1.11 bits per heavy atom. The Hall–Kier alpha value is -2.47. The van der Waals surface area contributed by atoms with E-state index in [9.17, 15) is 9.59 Å². The van der Waals surface area contributed by atoms with E-state index in [0.717, 1.165) is 48.5 Å². The summed E-state index contributed by atoms with van der Waals surface area (Å²) in [4.78, 5) is 29.7. The molecule has 2 fully saturated rings. The van der Waals surface area contributed by atoms with Crippen LogP contribution in [0.25, 0.3) is 10.9 Å². The molecule has 0 N–H and O–H groups in total. The average molecular weight is 369 g/mol. The molecule has 2 aliphatic heterocycles. The Labute approximate surface area is 160 Å². The molecule has 0 spiro atoms. The largest absolute Gasteiger partial charge is 0.490 e. The van der Waals surface area contributed by atoms with Gasteiger partial charge in [-0.15, -0.1) is 0 Å². The van der Waals surface area contributed by atoms with Crippen molar-refractivity contribution in [2.24, 2.45) is 11.8 Å². The molecule has 2 unspecified atom stereocenters. The number of pyridine rings is 1. The molecular weight excluding hydrogens is 342 g/mol. The lowest BCUT2D eigenvalue weighted by molar-refractivity contribution is -0.117. The van der Waals surface area contributed by atoms with Crippen LogP contribution in [0, 0.1) is 11.8 Å². The molecule has 0 aliphatic carbocycles. The number of likely N-dealkylation sites (tertiary alicyclic amines) is 2. The summed E-state index contributed by atoms with van der Waals surface area (Å²) in [5.74, 6) is 2.22. The van der Waals surface area contributed by atoms with Gasteiger partial charge in [-0.25, -0.2) is 4.98 Å². The van der Waals surface area contributed by atoms with Crippen molar-refractivity contribution >= 4 is 23.6 Å². The number of aldehydes is 1. The molecule has 0 saturated carbocycles. The summed E-state index contributed by atoms with van der Waals surface area (Å²) in [5, 5.41) is 0.932. The first-order chi connectivity index (χ1) is 13.0. The van der Waals surface area contributed by atoms with Crippen LogP contribution in [0.4, 0.5) is 0 Å². The molecule has 27 heavy (non-hydrogen) atoms. The van der Waals surface area contributed by atoms with Gasteiger partial charge in [0.15, 0.2) is 6.29 Å². The molecular formula is C21H27N3O3. The summed E-state index contributed by atoms with van der Waals surface area (Å²) in [5.41, 5.74) is 1.18. The molecule has 144 valence electrons. The number of hydrogen-bond donors (Lipinski definition) is 0. The van der Waals surface area contributed by atoms with E-state index < -0.39 is 0 Å². The maximum absolute atomic E-state index is 10.8. The Bertz CT molecular complexity index is 794. The zero-order valence-corrected chi connectivity index (χ0v) is 16.2. The smallest absolute Gasteiger partial charge is 0.209 e. The van der Waals surface area contributed by atoms with Gasteiger partial charge in [0.1, 0.15) is 11.4 Å². The first-order valence-corrected chi connectivity index (χ1v) is 9.39. The third-order valence-corrected chi connectivity index (χ3v) is 5.03. The monoisotopic (exact) mass is 369 g/mol. The van der Waals surface area contributed by atoms with Crippen molar-refractivity contribution in [1.29, 1.82) is 0 Å². The van der Waals surface area contributed by atoms with Crippen LogP contribution in [0.1, 0.15) is 24.3 Å². The lowest BCUT2D eigenvalue weighted by Crippen LogP contribution is -2.25. The number of amides is 1. The van der Waals surface area contributed by atoms with Crippen LogP contribution in [0.15, 0.2) is 30.3 Å². The molecule has 6 nitrogen and oxygen atoms in total. The van der Waals surface area contributed by atoms with Crippen molar-refractivity contribution in [3.8, 4) is 5.75 Å². The topological polar surface area (TPSA) is 62.7 Å². The highest BCUT2D eigenvalue weighted by Gasteiger charge is 2.37. The first kappa shape index (κ1) is 19.3. The lowest BCUT2D eigenvalue weighted by Gasteiger charge is -2.13. The summed E-state index contributed by atoms with van der Waals surface area (Å²) >= 11 is 0. The number of rotatable bonds is 4. The van der Waals surface area contributed by atoms with Crippen LogP contribution in [-0.4, -0.2) is 66.8 Å². The molecule has 4 rings (SSSR count). The highest BCUT2D eigenvalue weighted by Crippen LogP contribution is 2.29. The molecule has 2 atom stereocenters. The van der Waals surface area contributed by atoms with Crippen LogP contribution in [0.2, 0.25) is 0 Å². The number of hydrogen-bond acceptors (Lipinski definition) is 5. The van der Waals surface area contributed by atoms with E-state index >= 15 is 0 Å². The van der Waals surface area contributed by atoms with Gasteiger partial charge in [-0.3, -0.25) is 9.59 Å². The summed E-state index contributed by atoms with van der Waals surface area (Å²) in [6.45, 7) is 8.23. The van der Waals surface area contributed by atoms with E-state index in [1.165, 1.54) is 13.1 Å². The third kappa shape index (κ3) is 4.63. The van der Waals surface area contributed by atoms with Crippen molar-refractivity contribution in [3.05, 3.63) is 36.0 Å². The molecule has 0 radical (unpaired) electrons. The second-order valence-electron chi connectivity index (χ2n) is 7.65. The van der Waals surface area contributed by atoms with Gasteiger partial charge in [0.05, 0.1) is 11.6 Å². The number of carbonyl (C=O) groups is 2. The molecule has 0 bridgehead atoms. The zero-order chi connectivity index (χ0) is 19.4. The SMILES string of the molecule is CC(C)Oc1cc(C=O)nc2ccccc12.CN1CC2CN(C=O)CC2C1. The molecule has 6 heteroatoms. The summed E-state index contributed by atoms with van der Waals surface area (Å²) < 4.78 is 5.67. The summed E-state index contributed by atoms with van der Waals surface area (Å²) in [7, 11) is 2.16. The quantitative estimate of drug-likeness (QED) is 0.775. The number of aromatic nitrogens is 1. The molecule has 3 heterocycles. The second-order valence-corrected chi connectivity index (χ2v) is 7.65.